The molecule has 0 saturated carbocycles. The minimum Gasteiger partial charge on any atom is -0.464 e. The minimum atomic E-state index is -1.10. The summed E-state index contributed by atoms with van der Waals surface area (Å²) in [5.41, 5.74) is 1.56. The summed E-state index contributed by atoms with van der Waals surface area (Å²) in [5, 5.41) is 8.02. The highest BCUT2D eigenvalue weighted by atomic mass is 28.3. The van der Waals surface area contributed by atoms with Crippen LogP contribution >= 0.6 is 0 Å². The smallest absolute Gasteiger partial charge is 0.356 e. The Bertz CT molecular complexity index is 636. The summed E-state index contributed by atoms with van der Waals surface area (Å²) in [4.78, 5) is 15.5. The van der Waals surface area contributed by atoms with Crippen LogP contribution in [0.25, 0.3) is 11.0 Å². The molecule has 0 fully saturated rings. The Hall–Kier alpha value is -1.80. The Morgan fingerprint density at radius 1 is 1.38 bits per heavy atom. The fraction of sp³-hybridized carbons (Fsp3) is 0.538. The van der Waals surface area contributed by atoms with Crippen molar-refractivity contribution in [2.75, 3.05) is 13.7 Å². The molecule has 21 heavy (non-hydrogen) atoms. The second kappa shape index (κ2) is 6.31. The van der Waals surface area contributed by atoms with Crippen molar-refractivity contribution >= 4 is 25.1 Å². The van der Waals surface area contributed by atoms with Crippen molar-refractivity contribution in [2.24, 2.45) is 0 Å². The molecule has 8 heteroatoms. The van der Waals surface area contributed by atoms with Crippen LogP contribution < -0.4 is 0 Å². The van der Waals surface area contributed by atoms with Crippen molar-refractivity contribution in [3.05, 3.63) is 18.0 Å². The second-order valence-electron chi connectivity index (χ2n) is 5.99. The number of nitrogens with zero attached hydrogens (tertiary/aromatic N) is 4. The predicted octanol–water partition coefficient (Wildman–Crippen LogP) is 1.93. The predicted molar refractivity (Wildman–Crippen MR) is 80.8 cm³/mol. The summed E-state index contributed by atoms with van der Waals surface area (Å²) in [5.74, 6) is -0.482. The number of pyridine rings is 1. The monoisotopic (exact) mass is 308 g/mol. The standard InChI is InChI=1S/C13H20N4O3Si/c1-19-13(18)10-7-12-11(8-14-10)15-16-17(12)9-20-5-6-21(2,3)4/h7-8H,5-6,9H2,1-4H3. The van der Waals surface area contributed by atoms with E-state index in [4.69, 9.17) is 4.74 Å². The first kappa shape index (κ1) is 15.6. The van der Waals surface area contributed by atoms with E-state index in [1.807, 2.05) is 0 Å². The molecular formula is C13H20N4O3Si. The lowest BCUT2D eigenvalue weighted by molar-refractivity contribution is 0.0593. The Morgan fingerprint density at radius 2 is 2.14 bits per heavy atom. The number of hydrogen-bond acceptors (Lipinski definition) is 6. The lowest BCUT2D eigenvalue weighted by Gasteiger charge is -2.15. The van der Waals surface area contributed by atoms with Crippen LogP contribution in [-0.4, -0.2) is 47.7 Å². The van der Waals surface area contributed by atoms with E-state index in [1.165, 1.54) is 13.3 Å². The average Bonchev–Trinajstić information content (AvgIpc) is 2.84. The van der Waals surface area contributed by atoms with Gasteiger partial charge in [-0.1, -0.05) is 24.9 Å². The van der Waals surface area contributed by atoms with Gasteiger partial charge in [-0.15, -0.1) is 5.10 Å². The van der Waals surface area contributed by atoms with Gasteiger partial charge < -0.3 is 9.47 Å². The fourth-order valence-corrected chi connectivity index (χ4v) is 2.47. The molecule has 0 aromatic carbocycles. The molecule has 0 atom stereocenters. The number of hydrogen-bond donors (Lipinski definition) is 0. The van der Waals surface area contributed by atoms with Gasteiger partial charge in [0.25, 0.3) is 0 Å². The highest BCUT2D eigenvalue weighted by molar-refractivity contribution is 6.76. The molecule has 0 bridgehead atoms. The molecule has 0 aliphatic heterocycles. The first-order valence-corrected chi connectivity index (χ1v) is 10.5. The minimum absolute atomic E-state index is 0.232. The van der Waals surface area contributed by atoms with E-state index in [0.29, 0.717) is 24.4 Å². The first-order valence-electron chi connectivity index (χ1n) is 6.76. The molecule has 0 saturated heterocycles. The summed E-state index contributed by atoms with van der Waals surface area (Å²) in [6, 6.07) is 2.71. The van der Waals surface area contributed by atoms with Crippen LogP contribution in [0.4, 0.5) is 0 Å². The molecule has 0 unspecified atom stereocenters. The summed E-state index contributed by atoms with van der Waals surface area (Å²) < 4.78 is 11.9. The third kappa shape index (κ3) is 4.08. The maximum absolute atomic E-state index is 11.5. The van der Waals surface area contributed by atoms with Crippen LogP contribution in [-0.2, 0) is 16.2 Å². The van der Waals surface area contributed by atoms with Crippen molar-refractivity contribution < 1.29 is 14.3 Å². The lowest BCUT2D eigenvalue weighted by atomic mass is 10.3. The number of carbonyl (C=O) groups excluding carboxylic acids is 1. The van der Waals surface area contributed by atoms with Gasteiger partial charge in [-0.3, -0.25) is 0 Å². The lowest BCUT2D eigenvalue weighted by Crippen LogP contribution is -2.22. The number of fused-ring (bicyclic) bond motifs is 1. The molecule has 114 valence electrons. The van der Waals surface area contributed by atoms with Crippen LogP contribution in [0, 0.1) is 0 Å². The topological polar surface area (TPSA) is 79.1 Å². The van der Waals surface area contributed by atoms with Gasteiger partial charge in [0.05, 0.1) is 18.8 Å². The molecule has 7 nitrogen and oxygen atoms in total. The van der Waals surface area contributed by atoms with Crippen LogP contribution in [0.1, 0.15) is 10.5 Å². The third-order valence-corrected chi connectivity index (χ3v) is 4.71. The third-order valence-electron chi connectivity index (χ3n) is 3.00. The summed E-state index contributed by atoms with van der Waals surface area (Å²) in [6.07, 6.45) is 1.51. The molecule has 0 aliphatic carbocycles. The highest BCUT2D eigenvalue weighted by Gasteiger charge is 2.14. The molecule has 0 radical (unpaired) electrons. The number of esters is 1. The van der Waals surface area contributed by atoms with Crippen LogP contribution in [0.3, 0.4) is 0 Å². The Balaban J connectivity index is 2.08. The quantitative estimate of drug-likeness (QED) is 0.461. The van der Waals surface area contributed by atoms with Crippen molar-refractivity contribution in [1.82, 2.24) is 20.0 Å². The van der Waals surface area contributed by atoms with Gasteiger partial charge in [0.1, 0.15) is 12.2 Å². The van der Waals surface area contributed by atoms with Crippen molar-refractivity contribution in [2.45, 2.75) is 32.4 Å². The Labute approximate surface area is 124 Å². The van der Waals surface area contributed by atoms with Gasteiger partial charge >= 0.3 is 5.97 Å². The molecule has 0 N–H and O–H groups in total. The zero-order valence-electron chi connectivity index (χ0n) is 12.8. The maximum atomic E-state index is 11.5. The summed E-state index contributed by atoms with van der Waals surface area (Å²) in [7, 11) is 0.219. The number of aromatic nitrogens is 4. The van der Waals surface area contributed by atoms with E-state index >= 15 is 0 Å². The molecule has 2 aromatic rings. The zero-order valence-corrected chi connectivity index (χ0v) is 13.8. The Kier molecular flexibility index (Phi) is 4.68. The first-order chi connectivity index (χ1) is 9.90. The van der Waals surface area contributed by atoms with Gasteiger partial charge in [0.2, 0.25) is 0 Å². The van der Waals surface area contributed by atoms with Crippen molar-refractivity contribution in [1.29, 1.82) is 0 Å². The van der Waals surface area contributed by atoms with Gasteiger partial charge in [0, 0.05) is 14.7 Å². The van der Waals surface area contributed by atoms with E-state index in [1.54, 1.807) is 10.7 Å². The second-order valence-corrected chi connectivity index (χ2v) is 11.6. The SMILES string of the molecule is COC(=O)c1cc2c(cn1)nnn2COCC[Si](C)(C)C. The molecular weight excluding hydrogens is 288 g/mol. The van der Waals surface area contributed by atoms with Gasteiger partial charge in [-0.25, -0.2) is 14.5 Å². The number of methoxy groups -OCH3 is 1. The highest BCUT2D eigenvalue weighted by Crippen LogP contribution is 2.13. The molecule has 0 amide bonds. The molecule has 2 rings (SSSR count). The fourth-order valence-electron chi connectivity index (χ4n) is 1.71. The van der Waals surface area contributed by atoms with Gasteiger partial charge in [-0.2, -0.15) is 0 Å². The zero-order chi connectivity index (χ0) is 15.5. The van der Waals surface area contributed by atoms with Crippen molar-refractivity contribution in [3.8, 4) is 0 Å². The molecule has 2 heterocycles. The number of carbonyl (C=O) groups is 1. The van der Waals surface area contributed by atoms with E-state index in [2.05, 4.69) is 39.7 Å². The van der Waals surface area contributed by atoms with Crippen molar-refractivity contribution in [3.63, 3.8) is 0 Å². The number of rotatable bonds is 6. The van der Waals surface area contributed by atoms with Crippen LogP contribution in [0.2, 0.25) is 25.7 Å². The van der Waals surface area contributed by atoms with E-state index in [-0.39, 0.29) is 5.69 Å². The molecule has 2 aromatic heterocycles. The van der Waals surface area contributed by atoms with E-state index in [0.717, 1.165) is 6.04 Å². The summed E-state index contributed by atoms with van der Waals surface area (Å²) in [6.45, 7) is 7.91. The van der Waals surface area contributed by atoms with E-state index in [9.17, 15) is 4.79 Å². The van der Waals surface area contributed by atoms with Gasteiger partial charge in [0.15, 0.2) is 5.69 Å². The molecule has 0 spiro atoms. The Morgan fingerprint density at radius 3 is 2.81 bits per heavy atom. The molecule has 0 aliphatic rings. The average molecular weight is 308 g/mol. The van der Waals surface area contributed by atoms with Crippen LogP contribution in [0.5, 0.6) is 0 Å². The van der Waals surface area contributed by atoms with Crippen LogP contribution in [0.15, 0.2) is 12.3 Å². The number of ether oxygens (including phenoxy) is 2. The normalized spacial score (nSPS) is 11.8. The largest absolute Gasteiger partial charge is 0.464 e. The summed E-state index contributed by atoms with van der Waals surface area (Å²) >= 11 is 0. The van der Waals surface area contributed by atoms with E-state index < -0.39 is 14.0 Å². The van der Waals surface area contributed by atoms with Gasteiger partial charge in [-0.05, 0) is 12.1 Å². The maximum Gasteiger partial charge on any atom is 0.356 e.